The van der Waals surface area contributed by atoms with E-state index in [2.05, 4.69) is 5.32 Å². The van der Waals surface area contributed by atoms with Crippen molar-refractivity contribution in [3.8, 4) is 16.9 Å². The molecule has 1 N–H and O–H groups in total. The number of nitrogens with one attached hydrogen (secondary N) is 1. The van der Waals surface area contributed by atoms with Crippen LogP contribution in [0.25, 0.3) is 11.1 Å². The van der Waals surface area contributed by atoms with Crippen molar-refractivity contribution in [1.29, 1.82) is 0 Å². The first-order valence-electron chi connectivity index (χ1n) is 10.6. The summed E-state index contributed by atoms with van der Waals surface area (Å²) in [5.41, 5.74) is 2.67. The molecule has 0 aliphatic carbocycles. The van der Waals surface area contributed by atoms with Crippen LogP contribution < -0.4 is 14.4 Å². The van der Waals surface area contributed by atoms with E-state index in [4.69, 9.17) is 4.74 Å². The van der Waals surface area contributed by atoms with Gasteiger partial charge < -0.3 is 10.1 Å². The molecule has 0 bridgehead atoms. The largest absolute Gasteiger partial charge is 0.495 e. The number of hydrogen-bond donors (Lipinski definition) is 1. The van der Waals surface area contributed by atoms with Crippen LogP contribution in [0.15, 0.2) is 101 Å². The van der Waals surface area contributed by atoms with Crippen LogP contribution in [0.3, 0.4) is 0 Å². The number of methoxy groups -OCH3 is 1. The Morgan fingerprint density at radius 2 is 1.59 bits per heavy atom. The molecule has 34 heavy (non-hydrogen) atoms. The molecule has 1 atom stereocenters. The van der Waals surface area contributed by atoms with E-state index in [0.717, 1.165) is 26.8 Å². The number of rotatable bonds is 8. The molecule has 6 nitrogen and oxygen atoms in total. The van der Waals surface area contributed by atoms with Crippen molar-refractivity contribution in [2.75, 3.05) is 16.7 Å². The summed E-state index contributed by atoms with van der Waals surface area (Å²) in [5.74, 6) is -0.110. The number of hydrogen-bond acceptors (Lipinski definition) is 5. The summed E-state index contributed by atoms with van der Waals surface area (Å²) >= 11 is 1.10. The van der Waals surface area contributed by atoms with Crippen LogP contribution in [-0.4, -0.2) is 27.5 Å². The van der Waals surface area contributed by atoms with E-state index in [9.17, 15) is 13.2 Å². The fraction of sp³-hybridized carbons (Fsp3) is 0.115. The Hall–Kier alpha value is -3.62. The molecule has 4 rings (SSSR count). The van der Waals surface area contributed by atoms with Gasteiger partial charge in [-0.2, -0.15) is 0 Å². The third-order valence-electron chi connectivity index (χ3n) is 5.33. The molecule has 1 aromatic heterocycles. The van der Waals surface area contributed by atoms with Gasteiger partial charge in [-0.25, -0.2) is 12.7 Å². The molecule has 1 amide bonds. The molecule has 0 unspecified atom stereocenters. The number of amides is 1. The van der Waals surface area contributed by atoms with Gasteiger partial charge in [-0.05, 0) is 42.1 Å². The van der Waals surface area contributed by atoms with E-state index in [1.165, 1.54) is 13.2 Å². The van der Waals surface area contributed by atoms with Crippen LogP contribution in [0, 0.1) is 0 Å². The molecular weight excluding hydrogens is 468 g/mol. The fourth-order valence-electron chi connectivity index (χ4n) is 3.67. The summed E-state index contributed by atoms with van der Waals surface area (Å²) in [6.45, 7) is 1.57. The molecule has 0 fully saturated rings. The van der Waals surface area contributed by atoms with Gasteiger partial charge in [-0.1, -0.05) is 66.7 Å². The summed E-state index contributed by atoms with van der Waals surface area (Å²) in [6.07, 6.45) is 0. The predicted molar refractivity (Wildman–Crippen MR) is 137 cm³/mol. The van der Waals surface area contributed by atoms with E-state index in [-0.39, 0.29) is 9.90 Å². The second-order valence-corrected chi connectivity index (χ2v) is 10.5. The summed E-state index contributed by atoms with van der Waals surface area (Å²) in [6, 6.07) is 26.0. The third kappa shape index (κ3) is 4.69. The van der Waals surface area contributed by atoms with Crippen LogP contribution >= 0.6 is 11.3 Å². The van der Waals surface area contributed by atoms with Crippen molar-refractivity contribution in [1.82, 2.24) is 0 Å². The number of benzene rings is 3. The smallest absolute Gasteiger partial charge is 0.274 e. The topological polar surface area (TPSA) is 75.7 Å². The monoisotopic (exact) mass is 492 g/mol. The molecule has 8 heteroatoms. The number of carbonyl (C=O) groups is 1. The molecule has 0 aliphatic rings. The van der Waals surface area contributed by atoms with Crippen molar-refractivity contribution < 1.29 is 17.9 Å². The predicted octanol–water partition coefficient (Wildman–Crippen LogP) is 5.65. The lowest BCUT2D eigenvalue weighted by atomic mass is 10.0. The minimum Gasteiger partial charge on any atom is -0.495 e. The zero-order valence-corrected chi connectivity index (χ0v) is 20.3. The first-order valence-corrected chi connectivity index (χ1v) is 12.9. The molecule has 4 aromatic rings. The maximum Gasteiger partial charge on any atom is 0.274 e. The van der Waals surface area contributed by atoms with E-state index < -0.39 is 22.0 Å². The number of ether oxygens (including phenoxy) is 1. The molecule has 3 aromatic carbocycles. The van der Waals surface area contributed by atoms with E-state index in [1.54, 1.807) is 48.7 Å². The molecule has 0 saturated carbocycles. The zero-order chi connectivity index (χ0) is 24.1. The molecule has 0 aliphatic heterocycles. The van der Waals surface area contributed by atoms with E-state index in [1.807, 2.05) is 48.5 Å². The summed E-state index contributed by atoms with van der Waals surface area (Å²) in [7, 11) is -2.56. The van der Waals surface area contributed by atoms with Crippen molar-refractivity contribution >= 4 is 38.6 Å². The van der Waals surface area contributed by atoms with Gasteiger partial charge >= 0.3 is 0 Å². The normalized spacial score (nSPS) is 12.1. The first kappa shape index (κ1) is 23.5. The summed E-state index contributed by atoms with van der Waals surface area (Å²) in [5, 5.41) is 4.62. The number of carbonyl (C=O) groups excluding carboxylic acids is 1. The van der Waals surface area contributed by atoms with Crippen molar-refractivity contribution in [3.63, 3.8) is 0 Å². The Bertz CT molecular complexity index is 1370. The van der Waals surface area contributed by atoms with Gasteiger partial charge in [0.25, 0.3) is 10.0 Å². The van der Waals surface area contributed by atoms with Gasteiger partial charge in [0.05, 0.1) is 12.8 Å². The average molecular weight is 493 g/mol. The Balaban J connectivity index is 1.74. The lowest BCUT2D eigenvalue weighted by Crippen LogP contribution is -2.45. The number of anilines is 2. The zero-order valence-electron chi connectivity index (χ0n) is 18.7. The van der Waals surface area contributed by atoms with Gasteiger partial charge in [-0.15, -0.1) is 11.3 Å². The highest BCUT2D eigenvalue weighted by molar-refractivity contribution is 7.94. The Labute approximate surface area is 203 Å². The molecule has 1 heterocycles. The molecular formula is C26H24N2O4S2. The van der Waals surface area contributed by atoms with Gasteiger partial charge in [0.1, 0.15) is 16.0 Å². The van der Waals surface area contributed by atoms with Gasteiger partial charge in [0.15, 0.2) is 0 Å². The van der Waals surface area contributed by atoms with Crippen LogP contribution in [0.5, 0.6) is 5.75 Å². The fourth-order valence-corrected chi connectivity index (χ4v) is 6.38. The Kier molecular flexibility index (Phi) is 7.00. The van der Waals surface area contributed by atoms with Gasteiger partial charge in [0.2, 0.25) is 5.91 Å². The van der Waals surface area contributed by atoms with Crippen molar-refractivity contribution in [2.24, 2.45) is 0 Å². The highest BCUT2D eigenvalue weighted by atomic mass is 32.2. The van der Waals surface area contributed by atoms with Crippen LogP contribution in [0.4, 0.5) is 11.4 Å². The van der Waals surface area contributed by atoms with Crippen LogP contribution in [-0.2, 0) is 14.8 Å². The van der Waals surface area contributed by atoms with E-state index >= 15 is 0 Å². The van der Waals surface area contributed by atoms with Crippen molar-refractivity contribution in [2.45, 2.75) is 17.2 Å². The first-order chi connectivity index (χ1) is 16.4. The second-order valence-electron chi connectivity index (χ2n) is 7.48. The summed E-state index contributed by atoms with van der Waals surface area (Å²) in [4.78, 5) is 13.5. The third-order valence-corrected chi connectivity index (χ3v) is 8.59. The van der Waals surface area contributed by atoms with Crippen molar-refractivity contribution in [3.05, 3.63) is 96.4 Å². The minimum absolute atomic E-state index is 0.141. The van der Waals surface area contributed by atoms with Gasteiger partial charge in [0, 0.05) is 11.3 Å². The Morgan fingerprint density at radius 1 is 0.912 bits per heavy atom. The van der Waals surface area contributed by atoms with Crippen LogP contribution in [0.1, 0.15) is 6.92 Å². The quantitative estimate of drug-likeness (QED) is 0.345. The summed E-state index contributed by atoms with van der Waals surface area (Å²) < 4.78 is 34.0. The second kappa shape index (κ2) is 10.1. The average Bonchev–Trinajstić information content (AvgIpc) is 3.41. The highest BCUT2D eigenvalue weighted by Gasteiger charge is 2.36. The number of sulfonamides is 1. The molecule has 0 saturated heterocycles. The standard InChI is InChI=1S/C26H24N2O4S2/c1-19(26(29)27-22-14-7-6-13-21(22)20-11-4-3-5-12-20)28(23-15-8-9-16-24(23)32-2)34(30,31)25-17-10-18-33-25/h3-19H,1-2H3,(H,27,29)/t19-/m0/s1. The lowest BCUT2D eigenvalue weighted by molar-refractivity contribution is -0.116. The molecule has 0 spiro atoms. The minimum atomic E-state index is -4.03. The maximum absolute atomic E-state index is 13.6. The number of nitrogens with zero attached hydrogens (tertiary/aromatic N) is 1. The number of para-hydroxylation sites is 3. The van der Waals surface area contributed by atoms with Crippen LogP contribution in [0.2, 0.25) is 0 Å². The van der Waals surface area contributed by atoms with Gasteiger partial charge in [-0.3, -0.25) is 4.79 Å². The molecule has 0 radical (unpaired) electrons. The maximum atomic E-state index is 13.6. The highest BCUT2D eigenvalue weighted by Crippen LogP contribution is 2.36. The molecule has 174 valence electrons. The van der Waals surface area contributed by atoms with E-state index in [0.29, 0.717) is 11.4 Å². The SMILES string of the molecule is COc1ccccc1N([C@@H](C)C(=O)Nc1ccccc1-c1ccccc1)S(=O)(=O)c1cccs1. The number of thiophene rings is 1. The lowest BCUT2D eigenvalue weighted by Gasteiger charge is -2.30. The Morgan fingerprint density at radius 3 is 2.29 bits per heavy atom.